The molecule has 0 aliphatic carbocycles. The third-order valence-electron chi connectivity index (χ3n) is 3.89. The molecule has 0 saturated carbocycles. The van der Waals surface area contributed by atoms with Crippen LogP contribution in [0, 0.1) is 6.92 Å². The van der Waals surface area contributed by atoms with Crippen molar-refractivity contribution >= 4 is 17.6 Å². The van der Waals surface area contributed by atoms with Crippen molar-refractivity contribution in [3.63, 3.8) is 0 Å². The van der Waals surface area contributed by atoms with Crippen molar-refractivity contribution in [2.24, 2.45) is 4.99 Å². The largest absolute Gasteiger partial charge is 0.352 e. The van der Waals surface area contributed by atoms with Gasteiger partial charge in [0.05, 0.1) is 6.54 Å². The summed E-state index contributed by atoms with van der Waals surface area (Å²) in [7, 11) is 1.72. The van der Waals surface area contributed by atoms with E-state index < -0.39 is 0 Å². The zero-order valence-electron chi connectivity index (χ0n) is 14.7. The van der Waals surface area contributed by atoms with Crippen LogP contribution in [0.3, 0.4) is 0 Å². The van der Waals surface area contributed by atoms with Crippen LogP contribution in [0.1, 0.15) is 17.0 Å². The molecular formula is C19H20ClN5O. The molecule has 0 saturated heterocycles. The first-order chi connectivity index (χ1) is 12.7. The van der Waals surface area contributed by atoms with E-state index in [1.807, 2.05) is 24.3 Å². The third-order valence-corrected chi connectivity index (χ3v) is 4.12. The predicted octanol–water partition coefficient (Wildman–Crippen LogP) is 3.56. The Kier molecular flexibility index (Phi) is 5.86. The van der Waals surface area contributed by atoms with E-state index >= 15 is 0 Å². The number of rotatable bonds is 5. The smallest absolute Gasteiger partial charge is 0.246 e. The first-order valence-electron chi connectivity index (χ1n) is 8.23. The Balaban J connectivity index is 1.57. The van der Waals surface area contributed by atoms with E-state index in [-0.39, 0.29) is 0 Å². The summed E-state index contributed by atoms with van der Waals surface area (Å²) >= 11 is 6.00. The van der Waals surface area contributed by atoms with Crippen molar-refractivity contribution in [3.05, 3.63) is 70.6 Å². The molecule has 26 heavy (non-hydrogen) atoms. The van der Waals surface area contributed by atoms with Crippen LogP contribution >= 0.6 is 11.6 Å². The van der Waals surface area contributed by atoms with E-state index in [2.05, 4.69) is 44.8 Å². The highest BCUT2D eigenvalue weighted by Gasteiger charge is 2.09. The SMILES string of the molecule is CN=C(NCc1nc(-c2cccc(Cl)c2)no1)NCc1ccccc1C. The summed E-state index contributed by atoms with van der Waals surface area (Å²) in [4.78, 5) is 8.59. The van der Waals surface area contributed by atoms with E-state index in [1.165, 1.54) is 11.1 Å². The van der Waals surface area contributed by atoms with Gasteiger partial charge < -0.3 is 15.2 Å². The fourth-order valence-electron chi connectivity index (χ4n) is 2.44. The maximum Gasteiger partial charge on any atom is 0.246 e. The van der Waals surface area contributed by atoms with E-state index in [4.69, 9.17) is 16.1 Å². The lowest BCUT2D eigenvalue weighted by Crippen LogP contribution is -2.36. The Hall–Kier alpha value is -2.86. The first-order valence-corrected chi connectivity index (χ1v) is 8.61. The van der Waals surface area contributed by atoms with Gasteiger partial charge in [-0.25, -0.2) is 0 Å². The number of nitrogens with one attached hydrogen (secondary N) is 2. The number of aliphatic imine (C=N–C) groups is 1. The molecule has 3 rings (SSSR count). The molecule has 2 N–H and O–H groups in total. The number of guanidine groups is 1. The number of benzene rings is 2. The second-order valence-electron chi connectivity index (χ2n) is 5.73. The molecule has 0 unspecified atom stereocenters. The van der Waals surface area contributed by atoms with Gasteiger partial charge in [0.2, 0.25) is 11.7 Å². The summed E-state index contributed by atoms with van der Waals surface area (Å²) in [6.07, 6.45) is 0. The van der Waals surface area contributed by atoms with Gasteiger partial charge in [0.25, 0.3) is 0 Å². The fraction of sp³-hybridized carbons (Fsp3) is 0.211. The molecule has 0 bridgehead atoms. The summed E-state index contributed by atoms with van der Waals surface area (Å²) in [5.41, 5.74) is 3.27. The molecule has 7 heteroatoms. The molecule has 0 aliphatic heterocycles. The van der Waals surface area contributed by atoms with Gasteiger partial charge in [-0.05, 0) is 30.2 Å². The number of hydrogen-bond acceptors (Lipinski definition) is 4. The van der Waals surface area contributed by atoms with E-state index in [0.29, 0.717) is 35.8 Å². The van der Waals surface area contributed by atoms with Crippen LogP contribution in [0.2, 0.25) is 5.02 Å². The second-order valence-corrected chi connectivity index (χ2v) is 6.16. The maximum absolute atomic E-state index is 6.00. The van der Waals surface area contributed by atoms with Crippen molar-refractivity contribution in [1.82, 2.24) is 20.8 Å². The van der Waals surface area contributed by atoms with Crippen LogP contribution < -0.4 is 10.6 Å². The van der Waals surface area contributed by atoms with Gasteiger partial charge in [-0.15, -0.1) is 0 Å². The molecule has 0 spiro atoms. The molecular weight excluding hydrogens is 350 g/mol. The van der Waals surface area contributed by atoms with Crippen LogP contribution in [0.15, 0.2) is 58.0 Å². The summed E-state index contributed by atoms with van der Waals surface area (Å²) < 4.78 is 5.29. The molecule has 0 atom stereocenters. The van der Waals surface area contributed by atoms with Crippen LogP contribution in [0.4, 0.5) is 0 Å². The number of halogens is 1. The van der Waals surface area contributed by atoms with Crippen LogP contribution in [0.25, 0.3) is 11.4 Å². The van der Waals surface area contributed by atoms with Crippen molar-refractivity contribution in [3.8, 4) is 11.4 Å². The highest BCUT2D eigenvalue weighted by molar-refractivity contribution is 6.30. The maximum atomic E-state index is 6.00. The molecule has 6 nitrogen and oxygen atoms in total. The molecule has 1 heterocycles. The van der Waals surface area contributed by atoms with Crippen LogP contribution in [-0.4, -0.2) is 23.1 Å². The van der Waals surface area contributed by atoms with Crippen molar-refractivity contribution in [2.45, 2.75) is 20.0 Å². The molecule has 3 aromatic rings. The third kappa shape index (κ3) is 4.61. The molecule has 1 aromatic heterocycles. The summed E-state index contributed by atoms with van der Waals surface area (Å²) in [5.74, 6) is 1.64. The highest BCUT2D eigenvalue weighted by Crippen LogP contribution is 2.19. The first kappa shape index (κ1) is 17.9. The topological polar surface area (TPSA) is 75.3 Å². The summed E-state index contributed by atoms with van der Waals surface area (Å²) in [6, 6.07) is 15.6. The Morgan fingerprint density at radius 3 is 2.69 bits per heavy atom. The molecule has 2 aromatic carbocycles. The number of hydrogen-bond donors (Lipinski definition) is 2. The zero-order valence-corrected chi connectivity index (χ0v) is 15.4. The van der Waals surface area contributed by atoms with E-state index in [9.17, 15) is 0 Å². The van der Waals surface area contributed by atoms with Gasteiger partial charge in [0.1, 0.15) is 0 Å². The minimum atomic E-state index is 0.376. The van der Waals surface area contributed by atoms with Crippen molar-refractivity contribution in [1.29, 1.82) is 0 Å². The van der Waals surface area contributed by atoms with Gasteiger partial charge in [-0.3, -0.25) is 4.99 Å². The molecule has 0 amide bonds. The summed E-state index contributed by atoms with van der Waals surface area (Å²) in [5, 5.41) is 11.1. The fourth-order valence-corrected chi connectivity index (χ4v) is 2.63. The Morgan fingerprint density at radius 1 is 1.12 bits per heavy atom. The molecule has 0 fully saturated rings. The van der Waals surface area contributed by atoms with Crippen molar-refractivity contribution in [2.75, 3.05) is 7.05 Å². The van der Waals surface area contributed by atoms with Gasteiger partial charge in [0.15, 0.2) is 5.96 Å². The van der Waals surface area contributed by atoms with Crippen molar-refractivity contribution < 1.29 is 4.52 Å². The minimum absolute atomic E-state index is 0.376. The number of aromatic nitrogens is 2. The Labute approximate surface area is 157 Å². The number of nitrogens with zero attached hydrogens (tertiary/aromatic N) is 3. The van der Waals surface area contributed by atoms with Crippen LogP contribution in [-0.2, 0) is 13.1 Å². The Morgan fingerprint density at radius 2 is 1.92 bits per heavy atom. The molecule has 0 aliphatic rings. The molecule has 0 radical (unpaired) electrons. The standard InChI is InChI=1S/C19H20ClN5O/c1-13-6-3-4-7-15(13)11-22-19(21-2)23-12-17-24-18(25-26-17)14-8-5-9-16(20)10-14/h3-10H,11-12H2,1-2H3,(H2,21,22,23). The average Bonchev–Trinajstić information content (AvgIpc) is 3.12. The lowest BCUT2D eigenvalue weighted by molar-refractivity contribution is 0.375. The van der Waals surface area contributed by atoms with Gasteiger partial charge >= 0.3 is 0 Å². The predicted molar refractivity (Wildman–Crippen MR) is 103 cm³/mol. The summed E-state index contributed by atoms with van der Waals surface area (Å²) in [6.45, 7) is 3.15. The van der Waals surface area contributed by atoms with E-state index in [0.717, 1.165) is 5.56 Å². The zero-order chi connectivity index (χ0) is 18.4. The minimum Gasteiger partial charge on any atom is -0.352 e. The monoisotopic (exact) mass is 369 g/mol. The number of aryl methyl sites for hydroxylation is 1. The quantitative estimate of drug-likeness (QED) is 0.531. The van der Waals surface area contributed by atoms with Crippen LogP contribution in [0.5, 0.6) is 0 Å². The molecule has 134 valence electrons. The van der Waals surface area contributed by atoms with Gasteiger partial charge in [0, 0.05) is 24.2 Å². The normalized spacial score (nSPS) is 11.4. The average molecular weight is 370 g/mol. The van der Waals surface area contributed by atoms with Gasteiger partial charge in [-0.1, -0.05) is 53.2 Å². The lowest BCUT2D eigenvalue weighted by atomic mass is 10.1. The second kappa shape index (κ2) is 8.49. The highest BCUT2D eigenvalue weighted by atomic mass is 35.5. The lowest BCUT2D eigenvalue weighted by Gasteiger charge is -2.11. The van der Waals surface area contributed by atoms with E-state index in [1.54, 1.807) is 19.2 Å². The van der Waals surface area contributed by atoms with Gasteiger partial charge in [-0.2, -0.15) is 4.98 Å². The Bertz CT molecular complexity index is 906.